The smallest absolute Gasteiger partial charge is 0.423 e. The van der Waals surface area contributed by atoms with E-state index < -0.39 is 7.12 Å². The van der Waals surface area contributed by atoms with Crippen LogP contribution >= 0.6 is 0 Å². The molecule has 0 bridgehead atoms. The van der Waals surface area contributed by atoms with E-state index in [0.29, 0.717) is 5.46 Å². The number of rotatable bonds is 4. The second-order valence-electron chi connectivity index (χ2n) is 7.65. The second kappa shape index (κ2) is 8.23. The lowest BCUT2D eigenvalue weighted by Crippen LogP contribution is -2.29. The average molecular weight is 400 g/mol. The molecule has 0 saturated heterocycles. The molecular formula is C28H21BO2. The van der Waals surface area contributed by atoms with Crippen molar-refractivity contribution in [3.05, 3.63) is 115 Å². The molecule has 0 fully saturated rings. The Bertz CT molecular complexity index is 1340. The maximum atomic E-state index is 9.43. The van der Waals surface area contributed by atoms with Gasteiger partial charge in [-0.05, 0) is 55.7 Å². The third-order valence-electron chi connectivity index (χ3n) is 5.71. The highest BCUT2D eigenvalue weighted by Gasteiger charge is 2.13. The zero-order valence-corrected chi connectivity index (χ0v) is 16.9. The molecule has 0 atom stereocenters. The van der Waals surface area contributed by atoms with Gasteiger partial charge in [-0.2, -0.15) is 0 Å². The summed E-state index contributed by atoms with van der Waals surface area (Å²) in [5, 5.41) is 21.2. The van der Waals surface area contributed by atoms with E-state index in [1.54, 1.807) is 12.1 Å². The van der Waals surface area contributed by atoms with Crippen LogP contribution in [0.1, 0.15) is 0 Å². The lowest BCUT2D eigenvalue weighted by Gasteiger charge is -2.14. The van der Waals surface area contributed by atoms with Crippen LogP contribution in [0.4, 0.5) is 0 Å². The normalized spacial score (nSPS) is 10.9. The van der Waals surface area contributed by atoms with Gasteiger partial charge in [0.15, 0.2) is 0 Å². The molecule has 0 radical (unpaired) electrons. The van der Waals surface area contributed by atoms with Crippen LogP contribution in [0.3, 0.4) is 0 Å². The topological polar surface area (TPSA) is 40.5 Å². The summed E-state index contributed by atoms with van der Waals surface area (Å²) in [6.45, 7) is 0. The van der Waals surface area contributed by atoms with E-state index in [1.807, 2.05) is 18.2 Å². The van der Waals surface area contributed by atoms with Gasteiger partial charge in [-0.15, -0.1) is 0 Å². The summed E-state index contributed by atoms with van der Waals surface area (Å²) in [4.78, 5) is 0. The molecule has 3 heteroatoms. The second-order valence-corrected chi connectivity index (χ2v) is 7.65. The van der Waals surface area contributed by atoms with Crippen LogP contribution in [0.25, 0.3) is 44.2 Å². The van der Waals surface area contributed by atoms with Crippen LogP contribution in [-0.4, -0.2) is 17.2 Å². The van der Waals surface area contributed by atoms with Crippen LogP contribution < -0.4 is 5.46 Å². The van der Waals surface area contributed by atoms with Crippen molar-refractivity contribution in [3.8, 4) is 33.4 Å². The van der Waals surface area contributed by atoms with E-state index in [2.05, 4.69) is 84.9 Å². The molecule has 0 aliphatic heterocycles. The fourth-order valence-corrected chi connectivity index (χ4v) is 4.15. The van der Waals surface area contributed by atoms with Crippen LogP contribution in [0, 0.1) is 0 Å². The van der Waals surface area contributed by atoms with Crippen molar-refractivity contribution in [2.75, 3.05) is 0 Å². The Labute approximate surface area is 182 Å². The lowest BCUT2D eigenvalue weighted by atomic mass is 9.79. The third-order valence-corrected chi connectivity index (χ3v) is 5.71. The summed E-state index contributed by atoms with van der Waals surface area (Å²) in [6, 6.07) is 39.2. The molecule has 2 N–H and O–H groups in total. The minimum atomic E-state index is -1.46. The number of hydrogen-bond acceptors (Lipinski definition) is 2. The summed E-state index contributed by atoms with van der Waals surface area (Å²) < 4.78 is 0. The van der Waals surface area contributed by atoms with Crippen LogP contribution in [0.2, 0.25) is 0 Å². The van der Waals surface area contributed by atoms with E-state index in [4.69, 9.17) is 0 Å². The van der Waals surface area contributed by atoms with E-state index in [0.717, 1.165) is 11.1 Å². The number of fused-ring (bicyclic) bond motifs is 1. The summed E-state index contributed by atoms with van der Waals surface area (Å²) in [7, 11) is -1.46. The Morgan fingerprint density at radius 1 is 0.452 bits per heavy atom. The molecule has 0 heterocycles. The summed E-state index contributed by atoms with van der Waals surface area (Å²) >= 11 is 0. The lowest BCUT2D eigenvalue weighted by molar-refractivity contribution is 0.426. The molecule has 5 rings (SSSR count). The maximum absolute atomic E-state index is 9.43. The Kier molecular flexibility index (Phi) is 5.13. The molecular weight excluding hydrogens is 379 g/mol. The highest BCUT2D eigenvalue weighted by molar-refractivity contribution is 6.58. The zero-order chi connectivity index (χ0) is 21.2. The van der Waals surface area contributed by atoms with Gasteiger partial charge in [0, 0.05) is 0 Å². The van der Waals surface area contributed by atoms with Gasteiger partial charge in [-0.1, -0.05) is 109 Å². The van der Waals surface area contributed by atoms with Crippen molar-refractivity contribution in [3.63, 3.8) is 0 Å². The molecule has 0 aliphatic carbocycles. The molecule has 0 unspecified atom stereocenters. The first-order valence-corrected chi connectivity index (χ1v) is 10.3. The largest absolute Gasteiger partial charge is 0.488 e. The molecule has 0 amide bonds. The Morgan fingerprint density at radius 2 is 1.03 bits per heavy atom. The van der Waals surface area contributed by atoms with Crippen molar-refractivity contribution in [1.29, 1.82) is 0 Å². The van der Waals surface area contributed by atoms with Crippen molar-refractivity contribution in [2.24, 2.45) is 0 Å². The van der Waals surface area contributed by atoms with Crippen molar-refractivity contribution in [1.82, 2.24) is 0 Å². The van der Waals surface area contributed by atoms with Crippen molar-refractivity contribution < 1.29 is 10.0 Å². The monoisotopic (exact) mass is 400 g/mol. The van der Waals surface area contributed by atoms with Crippen LogP contribution in [0.15, 0.2) is 115 Å². The predicted octanol–water partition coefficient (Wildman–Crippen LogP) is 5.52. The molecule has 148 valence electrons. The molecule has 31 heavy (non-hydrogen) atoms. The van der Waals surface area contributed by atoms with Gasteiger partial charge in [-0.25, -0.2) is 0 Å². The zero-order valence-electron chi connectivity index (χ0n) is 16.9. The minimum absolute atomic E-state index is 0.486. The molecule has 5 aromatic rings. The molecule has 0 aliphatic rings. The van der Waals surface area contributed by atoms with Gasteiger partial charge in [0.25, 0.3) is 0 Å². The predicted molar refractivity (Wildman–Crippen MR) is 130 cm³/mol. The van der Waals surface area contributed by atoms with Gasteiger partial charge in [0.05, 0.1) is 0 Å². The van der Waals surface area contributed by atoms with Gasteiger partial charge in [0.1, 0.15) is 0 Å². The fourth-order valence-electron chi connectivity index (χ4n) is 4.15. The van der Waals surface area contributed by atoms with Gasteiger partial charge < -0.3 is 10.0 Å². The average Bonchev–Trinajstić information content (AvgIpc) is 2.84. The standard InChI is InChI=1S/C28H21BO2/c30-29(31)25-17-15-21(16-18-25)26-13-5-9-22-10-6-14-27(28(22)26)24-12-4-11-23(19-24)20-7-2-1-3-8-20/h1-19,30-31H. The van der Waals surface area contributed by atoms with Gasteiger partial charge >= 0.3 is 7.12 Å². The number of benzene rings is 5. The molecule has 2 nitrogen and oxygen atoms in total. The molecule has 0 aromatic heterocycles. The number of hydrogen-bond donors (Lipinski definition) is 2. The minimum Gasteiger partial charge on any atom is -0.423 e. The van der Waals surface area contributed by atoms with Gasteiger partial charge in [0.2, 0.25) is 0 Å². The Morgan fingerprint density at radius 3 is 1.71 bits per heavy atom. The third kappa shape index (κ3) is 3.77. The van der Waals surface area contributed by atoms with E-state index in [1.165, 1.54) is 33.0 Å². The molecule has 0 spiro atoms. The summed E-state index contributed by atoms with van der Waals surface area (Å²) in [5.74, 6) is 0. The van der Waals surface area contributed by atoms with E-state index >= 15 is 0 Å². The van der Waals surface area contributed by atoms with Crippen molar-refractivity contribution in [2.45, 2.75) is 0 Å². The summed E-state index contributed by atoms with van der Waals surface area (Å²) in [5.41, 5.74) is 7.38. The highest BCUT2D eigenvalue weighted by atomic mass is 16.4. The highest BCUT2D eigenvalue weighted by Crippen LogP contribution is 2.37. The fraction of sp³-hybridized carbons (Fsp3) is 0. The van der Waals surface area contributed by atoms with E-state index in [-0.39, 0.29) is 0 Å². The van der Waals surface area contributed by atoms with Crippen molar-refractivity contribution >= 4 is 23.4 Å². The Hall–Kier alpha value is -3.66. The van der Waals surface area contributed by atoms with E-state index in [9.17, 15) is 10.0 Å². The first-order valence-electron chi connectivity index (χ1n) is 10.3. The summed E-state index contributed by atoms with van der Waals surface area (Å²) in [6.07, 6.45) is 0. The SMILES string of the molecule is OB(O)c1ccc(-c2cccc3cccc(-c4cccc(-c5ccccc5)c4)c23)cc1. The maximum Gasteiger partial charge on any atom is 0.488 e. The quantitative estimate of drug-likeness (QED) is 0.390. The Balaban J connectivity index is 1.69. The molecule has 0 saturated carbocycles. The van der Waals surface area contributed by atoms with Gasteiger partial charge in [-0.3, -0.25) is 0 Å². The molecule has 5 aromatic carbocycles. The first-order chi connectivity index (χ1) is 15.2. The van der Waals surface area contributed by atoms with Crippen LogP contribution in [0.5, 0.6) is 0 Å². The van der Waals surface area contributed by atoms with Crippen LogP contribution in [-0.2, 0) is 0 Å². The first kappa shape index (κ1) is 19.3.